The number of Topliss-reactive ketones (excluding diaryl/α,β-unsaturated/α-hetero) is 1. The third kappa shape index (κ3) is 2.41. The van der Waals surface area contributed by atoms with Gasteiger partial charge in [-0.05, 0) is 19.1 Å². The molecule has 4 nitrogen and oxygen atoms in total. The molecule has 1 aromatic carbocycles. The summed E-state index contributed by atoms with van der Waals surface area (Å²) in [5.74, 6) is 0.200. The Labute approximate surface area is 99.7 Å². The number of ketones is 1. The summed E-state index contributed by atoms with van der Waals surface area (Å²) in [6.45, 7) is 5.60. The van der Waals surface area contributed by atoms with Crippen molar-refractivity contribution in [3.63, 3.8) is 0 Å². The number of nitrogens with zero attached hydrogens (tertiary/aromatic N) is 2. The maximum Gasteiger partial charge on any atom is 0.284 e. The van der Waals surface area contributed by atoms with Gasteiger partial charge in [-0.1, -0.05) is 31.5 Å². The molecule has 0 radical (unpaired) electrons. The second-order valence-electron chi connectivity index (χ2n) is 4.30. The van der Waals surface area contributed by atoms with Crippen LogP contribution in [0.4, 0.5) is 0 Å². The van der Waals surface area contributed by atoms with E-state index >= 15 is 0 Å². The molecular formula is C13H14N2O2. The van der Waals surface area contributed by atoms with E-state index in [0.29, 0.717) is 5.89 Å². The van der Waals surface area contributed by atoms with Crippen molar-refractivity contribution in [1.29, 1.82) is 0 Å². The van der Waals surface area contributed by atoms with Crippen LogP contribution in [0.3, 0.4) is 0 Å². The second-order valence-corrected chi connectivity index (χ2v) is 4.30. The lowest BCUT2D eigenvalue weighted by Gasteiger charge is -1.97. The Morgan fingerprint density at radius 3 is 2.71 bits per heavy atom. The van der Waals surface area contributed by atoms with Gasteiger partial charge in [-0.15, -0.1) is 10.2 Å². The van der Waals surface area contributed by atoms with E-state index in [1.165, 1.54) is 0 Å². The second kappa shape index (κ2) is 4.49. The molecule has 0 saturated heterocycles. The predicted molar refractivity (Wildman–Crippen MR) is 63.6 cm³/mol. The lowest BCUT2D eigenvalue weighted by molar-refractivity contribution is 0.0905. The van der Waals surface area contributed by atoms with Gasteiger partial charge < -0.3 is 4.42 Å². The fourth-order valence-electron chi connectivity index (χ4n) is 1.46. The van der Waals surface area contributed by atoms with Crippen LogP contribution >= 0.6 is 0 Å². The summed E-state index contributed by atoms with van der Waals surface area (Å²) < 4.78 is 5.38. The molecule has 0 unspecified atom stereocenters. The lowest BCUT2D eigenvalue weighted by Crippen LogP contribution is -2.07. The van der Waals surface area contributed by atoms with Crippen molar-refractivity contribution in [2.75, 3.05) is 0 Å². The van der Waals surface area contributed by atoms with Gasteiger partial charge in [0.05, 0.1) is 0 Å². The fourth-order valence-corrected chi connectivity index (χ4v) is 1.46. The molecule has 0 aliphatic rings. The first-order chi connectivity index (χ1) is 8.08. The van der Waals surface area contributed by atoms with Crippen LogP contribution in [0.15, 0.2) is 28.7 Å². The van der Waals surface area contributed by atoms with Crippen molar-refractivity contribution >= 4 is 5.78 Å². The standard InChI is InChI=1S/C13H14N2O2/c1-8(2)11(16)13-15-14-12(17-13)10-6-4-5-9(3)7-10/h4-8H,1-3H3. The number of benzene rings is 1. The van der Waals surface area contributed by atoms with Crippen molar-refractivity contribution in [3.8, 4) is 11.5 Å². The summed E-state index contributed by atoms with van der Waals surface area (Å²) >= 11 is 0. The van der Waals surface area contributed by atoms with Crippen LogP contribution in [0.2, 0.25) is 0 Å². The third-order valence-electron chi connectivity index (χ3n) is 2.43. The number of carbonyl (C=O) groups is 1. The van der Waals surface area contributed by atoms with Gasteiger partial charge in [-0.25, -0.2) is 0 Å². The smallest absolute Gasteiger partial charge is 0.284 e. The van der Waals surface area contributed by atoms with Gasteiger partial charge >= 0.3 is 0 Å². The molecule has 2 rings (SSSR count). The van der Waals surface area contributed by atoms with Gasteiger partial charge in [0.15, 0.2) is 0 Å². The number of hydrogen-bond acceptors (Lipinski definition) is 4. The number of hydrogen-bond donors (Lipinski definition) is 0. The Kier molecular flexibility index (Phi) is 3.04. The van der Waals surface area contributed by atoms with E-state index in [1.54, 1.807) is 13.8 Å². The molecule has 0 aliphatic carbocycles. The van der Waals surface area contributed by atoms with Crippen molar-refractivity contribution in [1.82, 2.24) is 10.2 Å². The summed E-state index contributed by atoms with van der Waals surface area (Å²) in [7, 11) is 0. The van der Waals surface area contributed by atoms with E-state index in [9.17, 15) is 4.79 Å². The molecule has 0 saturated carbocycles. The molecule has 2 aromatic rings. The minimum atomic E-state index is -0.138. The van der Waals surface area contributed by atoms with Crippen molar-refractivity contribution < 1.29 is 9.21 Å². The minimum Gasteiger partial charge on any atom is -0.414 e. The average molecular weight is 230 g/mol. The van der Waals surface area contributed by atoms with Gasteiger partial charge in [0.25, 0.3) is 5.89 Å². The van der Waals surface area contributed by atoms with E-state index in [4.69, 9.17) is 4.42 Å². The molecule has 0 bridgehead atoms. The third-order valence-corrected chi connectivity index (χ3v) is 2.43. The maximum atomic E-state index is 11.7. The van der Waals surface area contributed by atoms with Crippen LogP contribution in [0.5, 0.6) is 0 Å². The monoisotopic (exact) mass is 230 g/mol. The molecule has 0 aliphatic heterocycles. The number of aromatic nitrogens is 2. The van der Waals surface area contributed by atoms with Crippen LogP contribution in [0, 0.1) is 12.8 Å². The first-order valence-electron chi connectivity index (χ1n) is 5.52. The van der Waals surface area contributed by atoms with E-state index in [0.717, 1.165) is 11.1 Å². The zero-order valence-electron chi connectivity index (χ0n) is 10.1. The lowest BCUT2D eigenvalue weighted by atomic mass is 10.1. The molecule has 1 aromatic heterocycles. The molecule has 1 heterocycles. The molecule has 17 heavy (non-hydrogen) atoms. The van der Waals surface area contributed by atoms with Crippen LogP contribution < -0.4 is 0 Å². The normalized spacial score (nSPS) is 10.8. The number of aryl methyl sites for hydroxylation is 1. The predicted octanol–water partition coefficient (Wildman–Crippen LogP) is 2.88. The highest BCUT2D eigenvalue weighted by Crippen LogP contribution is 2.19. The maximum absolute atomic E-state index is 11.7. The molecule has 0 N–H and O–H groups in total. The molecule has 4 heteroatoms. The van der Waals surface area contributed by atoms with Crippen molar-refractivity contribution in [2.24, 2.45) is 5.92 Å². The zero-order valence-corrected chi connectivity index (χ0v) is 10.1. The summed E-state index contributed by atoms with van der Waals surface area (Å²) in [6.07, 6.45) is 0. The minimum absolute atomic E-state index is 0.0801. The Bertz CT molecular complexity index is 544. The van der Waals surface area contributed by atoms with Gasteiger partial charge in [-0.3, -0.25) is 4.79 Å². The van der Waals surface area contributed by atoms with Gasteiger partial charge in [-0.2, -0.15) is 0 Å². The highest BCUT2D eigenvalue weighted by atomic mass is 16.4. The quantitative estimate of drug-likeness (QED) is 0.761. The summed E-state index contributed by atoms with van der Waals surface area (Å²) in [5.41, 5.74) is 1.94. The SMILES string of the molecule is Cc1cccc(-c2nnc(C(=O)C(C)C)o2)c1. The number of rotatable bonds is 3. The molecule has 0 atom stereocenters. The first-order valence-corrected chi connectivity index (χ1v) is 5.52. The first kappa shape index (κ1) is 11.5. The van der Waals surface area contributed by atoms with E-state index in [2.05, 4.69) is 10.2 Å². The Morgan fingerprint density at radius 1 is 1.29 bits per heavy atom. The topological polar surface area (TPSA) is 56.0 Å². The van der Waals surface area contributed by atoms with Crippen molar-refractivity contribution in [2.45, 2.75) is 20.8 Å². The van der Waals surface area contributed by atoms with Crippen molar-refractivity contribution in [3.05, 3.63) is 35.7 Å². The largest absolute Gasteiger partial charge is 0.414 e. The van der Waals surface area contributed by atoms with E-state index in [-0.39, 0.29) is 17.6 Å². The summed E-state index contributed by atoms with van der Waals surface area (Å²) in [5, 5.41) is 7.67. The van der Waals surface area contributed by atoms with E-state index in [1.807, 2.05) is 31.2 Å². The molecular weight excluding hydrogens is 216 g/mol. The Morgan fingerprint density at radius 2 is 2.06 bits per heavy atom. The molecule has 0 amide bonds. The van der Waals surface area contributed by atoms with Gasteiger partial charge in [0, 0.05) is 11.5 Å². The van der Waals surface area contributed by atoms with Gasteiger partial charge in [0.2, 0.25) is 11.7 Å². The molecule has 88 valence electrons. The van der Waals surface area contributed by atoms with E-state index < -0.39 is 0 Å². The fraction of sp³-hybridized carbons (Fsp3) is 0.308. The summed E-state index contributed by atoms with van der Waals surface area (Å²) in [6, 6.07) is 7.72. The van der Waals surface area contributed by atoms with Crippen LogP contribution in [0.1, 0.15) is 30.1 Å². The van der Waals surface area contributed by atoms with Gasteiger partial charge in [0.1, 0.15) is 0 Å². The highest BCUT2D eigenvalue weighted by Gasteiger charge is 2.18. The average Bonchev–Trinajstić information content (AvgIpc) is 2.77. The Balaban J connectivity index is 2.33. The zero-order chi connectivity index (χ0) is 12.4. The Hall–Kier alpha value is -1.97. The summed E-state index contributed by atoms with van der Waals surface area (Å²) in [4.78, 5) is 11.7. The molecule has 0 fully saturated rings. The molecule has 0 spiro atoms. The van der Waals surface area contributed by atoms with Crippen LogP contribution in [0.25, 0.3) is 11.5 Å². The van der Waals surface area contributed by atoms with Crippen LogP contribution in [-0.2, 0) is 0 Å². The highest BCUT2D eigenvalue weighted by molar-refractivity contribution is 5.93. The number of carbonyl (C=O) groups excluding carboxylic acids is 1. The van der Waals surface area contributed by atoms with Crippen LogP contribution in [-0.4, -0.2) is 16.0 Å².